The van der Waals surface area contributed by atoms with Crippen molar-refractivity contribution >= 4 is 12.6 Å². The third-order valence-electron chi connectivity index (χ3n) is 5.91. The molecule has 0 saturated carbocycles. The first kappa shape index (κ1) is 20.2. The summed E-state index contributed by atoms with van der Waals surface area (Å²) in [4.78, 5) is 2.33. The van der Waals surface area contributed by atoms with E-state index in [0.717, 1.165) is 49.6 Å². The summed E-state index contributed by atoms with van der Waals surface area (Å²) in [5.41, 5.74) is 1.25. The molecule has 0 spiro atoms. The molecule has 2 fully saturated rings. The van der Waals surface area contributed by atoms with Gasteiger partial charge in [-0.1, -0.05) is 18.1 Å². The number of rotatable bonds is 3. The third kappa shape index (κ3) is 4.60. The molecule has 0 radical (unpaired) electrons. The molecule has 0 unspecified atom stereocenters. The first-order valence-corrected chi connectivity index (χ1v) is 10.2. The number of benzene rings is 1. The van der Waals surface area contributed by atoms with E-state index in [4.69, 9.17) is 18.5 Å². The zero-order valence-corrected chi connectivity index (χ0v) is 17.7. The van der Waals surface area contributed by atoms with E-state index < -0.39 is 0 Å². The van der Waals surface area contributed by atoms with E-state index in [0.29, 0.717) is 5.76 Å². The average Bonchev–Trinajstić information content (AvgIpc) is 3.22. The van der Waals surface area contributed by atoms with Crippen LogP contribution in [0.25, 0.3) is 0 Å². The third-order valence-corrected chi connectivity index (χ3v) is 5.91. The lowest BCUT2D eigenvalue weighted by Crippen LogP contribution is -2.41. The van der Waals surface area contributed by atoms with Crippen LogP contribution in [0.4, 0.5) is 0 Å². The Kier molecular flexibility index (Phi) is 5.59. The van der Waals surface area contributed by atoms with Gasteiger partial charge in [0.25, 0.3) is 0 Å². The van der Waals surface area contributed by atoms with Crippen LogP contribution in [0.2, 0.25) is 0 Å². The number of hydrogen-bond donors (Lipinski definition) is 0. The summed E-state index contributed by atoms with van der Waals surface area (Å²) in [6, 6.07) is 11.9. The quantitative estimate of drug-likeness (QED) is 0.593. The summed E-state index contributed by atoms with van der Waals surface area (Å²) in [5.74, 6) is 7.90. The van der Waals surface area contributed by atoms with Gasteiger partial charge in [0.2, 0.25) is 0 Å². The standard InChI is InChI=1S/C23H28BNO4/c1-22(2)23(3,4)29-24(28-22)19-8-5-18(6-9-19)7-10-20-11-12-21(27-20)17-25-13-15-26-16-14-25/h5-6,8-9,11-12H,13-17H2,1-4H3. The second kappa shape index (κ2) is 8.00. The molecule has 152 valence electrons. The Bertz CT molecular complexity index is 885. The van der Waals surface area contributed by atoms with Gasteiger partial charge in [0.1, 0.15) is 5.76 Å². The smallest absolute Gasteiger partial charge is 0.451 e. The Hall–Kier alpha value is -2.04. The first-order valence-electron chi connectivity index (χ1n) is 10.2. The molecule has 2 aromatic rings. The van der Waals surface area contributed by atoms with E-state index >= 15 is 0 Å². The van der Waals surface area contributed by atoms with Crippen LogP contribution >= 0.6 is 0 Å². The van der Waals surface area contributed by atoms with Gasteiger partial charge in [0, 0.05) is 18.7 Å². The average molecular weight is 393 g/mol. The largest absolute Gasteiger partial charge is 0.494 e. The minimum absolute atomic E-state index is 0.339. The molecule has 3 heterocycles. The van der Waals surface area contributed by atoms with Crippen molar-refractivity contribution in [2.24, 2.45) is 0 Å². The van der Waals surface area contributed by atoms with Crippen molar-refractivity contribution in [2.45, 2.75) is 45.4 Å². The Morgan fingerprint density at radius 1 is 0.897 bits per heavy atom. The summed E-state index contributed by atoms with van der Waals surface area (Å²) in [7, 11) is -0.352. The molecule has 6 heteroatoms. The normalized spacial score (nSPS) is 21.0. The van der Waals surface area contributed by atoms with Gasteiger partial charge in [-0.05, 0) is 63.3 Å². The van der Waals surface area contributed by atoms with Crippen molar-refractivity contribution in [1.82, 2.24) is 4.90 Å². The Morgan fingerprint density at radius 3 is 2.21 bits per heavy atom. The second-order valence-electron chi connectivity index (χ2n) is 8.61. The van der Waals surface area contributed by atoms with Crippen molar-refractivity contribution in [3.8, 4) is 11.8 Å². The summed E-state index contributed by atoms with van der Waals surface area (Å²) in [6.07, 6.45) is 0. The van der Waals surface area contributed by atoms with Crippen LogP contribution in [0.3, 0.4) is 0 Å². The maximum absolute atomic E-state index is 6.10. The van der Waals surface area contributed by atoms with E-state index in [1.165, 1.54) is 0 Å². The second-order valence-corrected chi connectivity index (χ2v) is 8.61. The molecule has 2 saturated heterocycles. The van der Waals surface area contributed by atoms with E-state index in [9.17, 15) is 0 Å². The topological polar surface area (TPSA) is 44.1 Å². The van der Waals surface area contributed by atoms with Gasteiger partial charge in [-0.3, -0.25) is 4.90 Å². The van der Waals surface area contributed by atoms with Gasteiger partial charge in [0.05, 0.1) is 31.0 Å². The van der Waals surface area contributed by atoms with Crippen LogP contribution in [0.1, 0.15) is 44.8 Å². The van der Waals surface area contributed by atoms with Gasteiger partial charge in [-0.15, -0.1) is 0 Å². The van der Waals surface area contributed by atoms with E-state index in [-0.39, 0.29) is 18.3 Å². The van der Waals surface area contributed by atoms with Gasteiger partial charge >= 0.3 is 7.12 Å². The van der Waals surface area contributed by atoms with E-state index in [2.05, 4.69) is 44.4 Å². The molecule has 0 aliphatic carbocycles. The maximum Gasteiger partial charge on any atom is 0.494 e. The molecule has 0 atom stereocenters. The van der Waals surface area contributed by atoms with Crippen molar-refractivity contribution < 1.29 is 18.5 Å². The molecule has 1 aromatic carbocycles. The van der Waals surface area contributed by atoms with Crippen molar-refractivity contribution in [2.75, 3.05) is 26.3 Å². The lowest BCUT2D eigenvalue weighted by Gasteiger charge is -2.32. The van der Waals surface area contributed by atoms with Gasteiger partial charge < -0.3 is 18.5 Å². The van der Waals surface area contributed by atoms with E-state index in [1.54, 1.807) is 0 Å². The lowest BCUT2D eigenvalue weighted by atomic mass is 9.79. The highest BCUT2D eigenvalue weighted by molar-refractivity contribution is 6.62. The number of ether oxygens (including phenoxy) is 1. The SMILES string of the molecule is CC1(C)OB(c2ccc(C#Cc3ccc(CN4CCOCC4)o3)cc2)OC1(C)C. The Labute approximate surface area is 173 Å². The molecule has 0 amide bonds. The lowest BCUT2D eigenvalue weighted by molar-refractivity contribution is 0.00578. The van der Waals surface area contributed by atoms with Crippen molar-refractivity contribution in [3.05, 3.63) is 53.5 Å². The summed E-state index contributed by atoms with van der Waals surface area (Å²) in [6.45, 7) is 12.5. The summed E-state index contributed by atoms with van der Waals surface area (Å²) >= 11 is 0. The first-order chi connectivity index (χ1) is 13.8. The maximum atomic E-state index is 6.10. The Balaban J connectivity index is 1.38. The molecule has 0 bridgehead atoms. The number of morpholine rings is 1. The van der Waals surface area contributed by atoms with Crippen molar-refractivity contribution in [1.29, 1.82) is 0 Å². The molecule has 4 rings (SSSR count). The van der Waals surface area contributed by atoms with Gasteiger partial charge in [-0.2, -0.15) is 0 Å². The highest BCUT2D eigenvalue weighted by Crippen LogP contribution is 2.36. The van der Waals surface area contributed by atoms with E-state index in [1.807, 2.05) is 36.4 Å². The molecule has 2 aliphatic rings. The molecule has 2 aliphatic heterocycles. The van der Waals surface area contributed by atoms with Crippen LogP contribution < -0.4 is 5.46 Å². The van der Waals surface area contributed by atoms with Gasteiger partial charge in [0.15, 0.2) is 5.76 Å². The fourth-order valence-electron chi connectivity index (χ4n) is 3.35. The van der Waals surface area contributed by atoms with Crippen LogP contribution in [0, 0.1) is 11.8 Å². The number of nitrogens with zero attached hydrogens (tertiary/aromatic N) is 1. The Morgan fingerprint density at radius 2 is 1.55 bits per heavy atom. The molecule has 1 aromatic heterocycles. The van der Waals surface area contributed by atoms with Crippen LogP contribution in [0.15, 0.2) is 40.8 Å². The zero-order valence-electron chi connectivity index (χ0n) is 17.7. The van der Waals surface area contributed by atoms with Crippen LogP contribution in [0.5, 0.6) is 0 Å². The summed E-state index contributed by atoms with van der Waals surface area (Å²) in [5, 5.41) is 0. The minimum atomic E-state index is -0.352. The molecular weight excluding hydrogens is 365 g/mol. The highest BCUT2D eigenvalue weighted by Gasteiger charge is 2.51. The molecule has 5 nitrogen and oxygen atoms in total. The van der Waals surface area contributed by atoms with Crippen LogP contribution in [-0.2, 0) is 20.6 Å². The highest BCUT2D eigenvalue weighted by atomic mass is 16.7. The number of hydrogen-bond acceptors (Lipinski definition) is 5. The summed E-state index contributed by atoms with van der Waals surface area (Å²) < 4.78 is 23.4. The predicted molar refractivity (Wildman–Crippen MR) is 113 cm³/mol. The zero-order chi connectivity index (χ0) is 20.5. The fourth-order valence-corrected chi connectivity index (χ4v) is 3.35. The van der Waals surface area contributed by atoms with Crippen molar-refractivity contribution in [3.63, 3.8) is 0 Å². The molecule has 0 N–H and O–H groups in total. The fraction of sp³-hybridized carbons (Fsp3) is 0.478. The minimum Gasteiger partial charge on any atom is -0.451 e. The monoisotopic (exact) mass is 393 g/mol. The predicted octanol–water partition coefficient (Wildman–Crippen LogP) is 2.81. The molecule has 29 heavy (non-hydrogen) atoms. The number of furan rings is 1. The van der Waals surface area contributed by atoms with Crippen LogP contribution in [-0.4, -0.2) is 49.5 Å². The molecular formula is C23H28BNO4. The van der Waals surface area contributed by atoms with Gasteiger partial charge in [-0.25, -0.2) is 0 Å².